The van der Waals surface area contributed by atoms with E-state index in [0.29, 0.717) is 25.7 Å². The molecule has 0 amide bonds. The number of esters is 2. The first-order valence-corrected chi connectivity index (χ1v) is 6.89. The zero-order chi connectivity index (χ0) is 14.0. The molecule has 0 saturated heterocycles. The van der Waals surface area contributed by atoms with E-state index in [4.69, 9.17) is 9.47 Å². The van der Waals surface area contributed by atoms with Gasteiger partial charge >= 0.3 is 11.9 Å². The highest BCUT2D eigenvalue weighted by atomic mass is 16.6. The summed E-state index contributed by atoms with van der Waals surface area (Å²) in [5.74, 6) is -0.496. The molecule has 0 unspecified atom stereocenters. The van der Waals surface area contributed by atoms with Crippen molar-refractivity contribution in [3.8, 4) is 0 Å². The van der Waals surface area contributed by atoms with E-state index < -0.39 is 17.4 Å². The van der Waals surface area contributed by atoms with Gasteiger partial charge in [0.25, 0.3) is 0 Å². The number of ether oxygens (including phenoxy) is 2. The molecule has 0 radical (unpaired) electrons. The summed E-state index contributed by atoms with van der Waals surface area (Å²) in [5.41, 5.74) is -1.18. The molecule has 2 aliphatic carbocycles. The molecule has 106 valence electrons. The number of hydrogen-bond acceptors (Lipinski definition) is 5. The average molecular weight is 268 g/mol. The zero-order valence-corrected chi connectivity index (χ0v) is 11.4. The van der Waals surface area contributed by atoms with Crippen LogP contribution in [0.4, 0.5) is 0 Å². The fraction of sp³-hybridized carbons (Fsp3) is 0.786. The molecule has 2 atom stereocenters. The van der Waals surface area contributed by atoms with E-state index in [1.165, 1.54) is 0 Å². The summed E-state index contributed by atoms with van der Waals surface area (Å²) in [6.45, 7) is 3.93. The lowest BCUT2D eigenvalue weighted by Crippen LogP contribution is -2.40. The fourth-order valence-electron chi connectivity index (χ4n) is 3.41. The van der Waals surface area contributed by atoms with Crippen molar-refractivity contribution in [3.63, 3.8) is 0 Å². The first-order chi connectivity index (χ1) is 9.03. The van der Waals surface area contributed by atoms with Crippen molar-refractivity contribution in [1.82, 2.24) is 0 Å². The smallest absolute Gasteiger partial charge is 0.323 e. The van der Waals surface area contributed by atoms with Crippen molar-refractivity contribution in [2.75, 3.05) is 13.2 Å². The molecule has 19 heavy (non-hydrogen) atoms. The zero-order valence-electron chi connectivity index (χ0n) is 11.4. The fourth-order valence-corrected chi connectivity index (χ4v) is 3.41. The summed E-state index contributed by atoms with van der Waals surface area (Å²) in [7, 11) is 0. The minimum atomic E-state index is -1.18. The Bertz CT molecular complexity index is 365. The number of hydrogen-bond donors (Lipinski definition) is 0. The number of ketones is 1. The summed E-state index contributed by atoms with van der Waals surface area (Å²) in [4.78, 5) is 35.8. The van der Waals surface area contributed by atoms with Gasteiger partial charge in [-0.3, -0.25) is 14.4 Å². The van der Waals surface area contributed by atoms with Crippen molar-refractivity contribution >= 4 is 17.7 Å². The summed E-state index contributed by atoms with van der Waals surface area (Å²) in [6, 6.07) is 0. The van der Waals surface area contributed by atoms with E-state index in [9.17, 15) is 14.4 Å². The third kappa shape index (κ3) is 2.38. The van der Waals surface area contributed by atoms with Gasteiger partial charge in [0.2, 0.25) is 0 Å². The summed E-state index contributed by atoms with van der Waals surface area (Å²) < 4.78 is 10.1. The van der Waals surface area contributed by atoms with Crippen LogP contribution in [0.2, 0.25) is 0 Å². The Hall–Kier alpha value is -1.39. The Kier molecular flexibility index (Phi) is 3.92. The Labute approximate surface area is 112 Å². The first-order valence-electron chi connectivity index (χ1n) is 6.89. The molecular weight excluding hydrogens is 248 g/mol. The van der Waals surface area contributed by atoms with E-state index in [-0.39, 0.29) is 30.8 Å². The molecule has 2 aliphatic rings. The van der Waals surface area contributed by atoms with Crippen LogP contribution < -0.4 is 0 Å². The Morgan fingerprint density at radius 2 is 1.47 bits per heavy atom. The van der Waals surface area contributed by atoms with Gasteiger partial charge in [-0.05, 0) is 38.5 Å². The molecule has 0 heterocycles. The van der Waals surface area contributed by atoms with E-state index in [0.717, 1.165) is 0 Å². The molecule has 0 aromatic rings. The maximum absolute atomic E-state index is 12.2. The first kappa shape index (κ1) is 14.0. The molecule has 0 aromatic carbocycles. The molecule has 2 saturated carbocycles. The van der Waals surface area contributed by atoms with E-state index in [1.807, 2.05) is 0 Å². The lowest BCUT2D eigenvalue weighted by Gasteiger charge is -2.25. The maximum Gasteiger partial charge on any atom is 0.323 e. The molecule has 0 aromatic heterocycles. The van der Waals surface area contributed by atoms with Crippen LogP contribution in [0.1, 0.15) is 39.5 Å². The minimum Gasteiger partial charge on any atom is -0.465 e. The molecule has 0 aliphatic heterocycles. The third-order valence-electron chi connectivity index (χ3n) is 4.20. The van der Waals surface area contributed by atoms with Gasteiger partial charge in [0.15, 0.2) is 5.41 Å². The Morgan fingerprint density at radius 1 is 1.05 bits per heavy atom. The minimum absolute atomic E-state index is 0.126. The monoisotopic (exact) mass is 268 g/mol. The maximum atomic E-state index is 12.2. The second-order valence-corrected chi connectivity index (χ2v) is 5.40. The van der Waals surface area contributed by atoms with Gasteiger partial charge in [-0.15, -0.1) is 0 Å². The van der Waals surface area contributed by atoms with Gasteiger partial charge in [-0.1, -0.05) is 0 Å². The van der Waals surface area contributed by atoms with Gasteiger partial charge in [0, 0.05) is 12.8 Å². The van der Waals surface area contributed by atoms with Gasteiger partial charge in [-0.25, -0.2) is 0 Å². The van der Waals surface area contributed by atoms with E-state index >= 15 is 0 Å². The van der Waals surface area contributed by atoms with Crippen LogP contribution in [-0.4, -0.2) is 30.9 Å². The molecular formula is C14H20O5. The van der Waals surface area contributed by atoms with Crippen LogP contribution in [0.15, 0.2) is 0 Å². The van der Waals surface area contributed by atoms with Crippen LogP contribution in [0.3, 0.4) is 0 Å². The van der Waals surface area contributed by atoms with Gasteiger partial charge in [0.1, 0.15) is 5.78 Å². The predicted octanol–water partition coefficient (Wildman–Crippen LogP) is 1.49. The van der Waals surface area contributed by atoms with Gasteiger partial charge < -0.3 is 9.47 Å². The molecule has 5 nitrogen and oxygen atoms in total. The lowest BCUT2D eigenvalue weighted by molar-refractivity contribution is -0.172. The second-order valence-electron chi connectivity index (χ2n) is 5.40. The van der Waals surface area contributed by atoms with Crippen molar-refractivity contribution in [2.45, 2.75) is 39.5 Å². The number of carbonyl (C=O) groups excluding carboxylic acids is 3. The lowest BCUT2D eigenvalue weighted by atomic mass is 9.83. The molecule has 5 heteroatoms. The van der Waals surface area contributed by atoms with E-state index in [2.05, 4.69) is 0 Å². The highest BCUT2D eigenvalue weighted by molar-refractivity contribution is 6.01. The predicted molar refractivity (Wildman–Crippen MR) is 66.2 cm³/mol. The molecule has 2 rings (SSSR count). The van der Waals surface area contributed by atoms with E-state index in [1.54, 1.807) is 13.8 Å². The van der Waals surface area contributed by atoms with Crippen LogP contribution in [0, 0.1) is 17.3 Å². The third-order valence-corrected chi connectivity index (χ3v) is 4.20. The summed E-state index contributed by atoms with van der Waals surface area (Å²) in [5, 5.41) is 0. The quantitative estimate of drug-likeness (QED) is 0.570. The van der Waals surface area contributed by atoms with Crippen LogP contribution in [-0.2, 0) is 23.9 Å². The number of fused-ring (bicyclic) bond motifs is 1. The summed E-state index contributed by atoms with van der Waals surface area (Å²) >= 11 is 0. The topological polar surface area (TPSA) is 69.7 Å². The highest BCUT2D eigenvalue weighted by Gasteiger charge is 2.59. The standard InChI is InChI=1S/C14H20O5/c1-3-18-12(16)14(13(17)19-4-2)7-9-5-11(15)6-10(9)8-14/h9-10H,3-8H2,1-2H3/t9-,10+. The molecule has 2 fully saturated rings. The van der Waals surface area contributed by atoms with Crippen LogP contribution in [0.5, 0.6) is 0 Å². The number of carbonyl (C=O) groups is 3. The molecule has 0 bridgehead atoms. The Morgan fingerprint density at radius 3 is 1.84 bits per heavy atom. The van der Waals surface area contributed by atoms with Crippen LogP contribution in [0.25, 0.3) is 0 Å². The normalized spacial score (nSPS) is 28.0. The van der Waals surface area contributed by atoms with Crippen LogP contribution >= 0.6 is 0 Å². The number of Topliss-reactive ketones (excluding diaryl/α,β-unsaturated/α-hetero) is 1. The summed E-state index contributed by atoms with van der Waals surface area (Å²) in [6.07, 6.45) is 1.73. The van der Waals surface area contributed by atoms with Crippen molar-refractivity contribution in [3.05, 3.63) is 0 Å². The van der Waals surface area contributed by atoms with Crippen molar-refractivity contribution in [2.24, 2.45) is 17.3 Å². The highest BCUT2D eigenvalue weighted by Crippen LogP contribution is 2.53. The van der Waals surface area contributed by atoms with Crippen molar-refractivity contribution in [1.29, 1.82) is 0 Å². The van der Waals surface area contributed by atoms with Gasteiger partial charge in [-0.2, -0.15) is 0 Å². The number of rotatable bonds is 4. The molecule has 0 spiro atoms. The SMILES string of the molecule is CCOC(=O)C1(C(=O)OCC)C[C@H]2CC(=O)C[C@H]2C1. The molecule has 0 N–H and O–H groups in total. The largest absolute Gasteiger partial charge is 0.465 e. The van der Waals surface area contributed by atoms with Crippen molar-refractivity contribution < 1.29 is 23.9 Å². The second kappa shape index (κ2) is 5.31. The van der Waals surface area contributed by atoms with Gasteiger partial charge in [0.05, 0.1) is 13.2 Å². The average Bonchev–Trinajstić information content (AvgIpc) is 2.84. The Balaban J connectivity index is 2.20.